The smallest absolute Gasteiger partial charge is 0.483 e. The Labute approximate surface area is 144 Å². The normalized spacial score (nSPS) is 12.5. The summed E-state index contributed by atoms with van der Waals surface area (Å²) in [6.45, 7) is 2.12. The first kappa shape index (κ1) is 16.9. The SMILES string of the molecule is Cc1nnc(N)c2ccc(-c3ccc4c(c3)B(O)OC4)cc12.O=CO. The van der Waals surface area contributed by atoms with Crippen LogP contribution >= 0.6 is 0 Å². The molecule has 0 atom stereocenters. The number of fused-ring (bicyclic) bond motifs is 2. The second-order valence-corrected chi connectivity index (χ2v) is 5.61. The Balaban J connectivity index is 0.000000569. The van der Waals surface area contributed by atoms with Gasteiger partial charge in [-0.3, -0.25) is 4.79 Å². The highest BCUT2D eigenvalue weighted by atomic mass is 16.5. The number of carbonyl (C=O) groups is 1. The first-order valence-electron chi connectivity index (χ1n) is 7.58. The van der Waals surface area contributed by atoms with E-state index in [1.165, 1.54) is 0 Å². The summed E-state index contributed by atoms with van der Waals surface area (Å²) in [5.41, 5.74) is 10.7. The maximum absolute atomic E-state index is 9.85. The van der Waals surface area contributed by atoms with E-state index in [0.717, 1.165) is 38.6 Å². The van der Waals surface area contributed by atoms with Crippen LogP contribution in [-0.4, -0.2) is 33.9 Å². The minimum atomic E-state index is -0.835. The van der Waals surface area contributed by atoms with Crippen molar-refractivity contribution in [3.8, 4) is 11.1 Å². The molecule has 0 spiro atoms. The number of rotatable bonds is 1. The Kier molecular flexibility index (Phi) is 4.64. The number of carboxylic acid groups (broad SMARTS) is 1. The van der Waals surface area contributed by atoms with Gasteiger partial charge in [0.25, 0.3) is 6.47 Å². The highest BCUT2D eigenvalue weighted by molar-refractivity contribution is 6.61. The van der Waals surface area contributed by atoms with Crippen molar-refractivity contribution in [3.05, 3.63) is 47.7 Å². The van der Waals surface area contributed by atoms with Gasteiger partial charge in [-0.25, -0.2) is 0 Å². The predicted octanol–water partition coefficient (Wildman–Crippen LogP) is 1.11. The van der Waals surface area contributed by atoms with Gasteiger partial charge in [0, 0.05) is 10.8 Å². The lowest BCUT2D eigenvalue weighted by Gasteiger charge is -2.08. The molecule has 7 nitrogen and oxygen atoms in total. The second-order valence-electron chi connectivity index (χ2n) is 5.61. The zero-order chi connectivity index (χ0) is 18.0. The van der Waals surface area contributed by atoms with Crippen LogP contribution in [-0.2, 0) is 16.1 Å². The number of aromatic nitrogens is 2. The van der Waals surface area contributed by atoms with Crippen molar-refractivity contribution in [1.82, 2.24) is 10.2 Å². The molecular weight excluding hydrogens is 321 g/mol. The van der Waals surface area contributed by atoms with Gasteiger partial charge in [-0.05, 0) is 41.2 Å². The molecule has 2 aromatic carbocycles. The standard InChI is InChI=1S/C16H14BN3O2.CH2O2/c1-9-14-6-10(4-5-13(14)16(18)20-19-9)11-2-3-12-8-22-17(21)15(12)7-11;2-1-3/h2-7,21H,8H2,1H3,(H2,18,20);1H,(H,2,3). The maximum Gasteiger partial charge on any atom is 0.491 e. The summed E-state index contributed by atoms with van der Waals surface area (Å²) < 4.78 is 5.24. The van der Waals surface area contributed by atoms with Crippen molar-refractivity contribution in [2.75, 3.05) is 5.73 Å². The zero-order valence-electron chi connectivity index (χ0n) is 13.5. The van der Waals surface area contributed by atoms with E-state index in [4.69, 9.17) is 20.3 Å². The summed E-state index contributed by atoms with van der Waals surface area (Å²) in [4.78, 5) is 8.36. The van der Waals surface area contributed by atoms with Crippen molar-refractivity contribution < 1.29 is 19.6 Å². The Bertz CT molecular complexity index is 949. The van der Waals surface area contributed by atoms with E-state index in [2.05, 4.69) is 16.3 Å². The summed E-state index contributed by atoms with van der Waals surface area (Å²) in [5.74, 6) is 0.435. The van der Waals surface area contributed by atoms with Gasteiger partial charge in [-0.15, -0.1) is 5.10 Å². The van der Waals surface area contributed by atoms with E-state index in [9.17, 15) is 5.02 Å². The van der Waals surface area contributed by atoms with Crippen molar-refractivity contribution in [2.45, 2.75) is 13.5 Å². The number of nitrogens with two attached hydrogens (primary N) is 1. The van der Waals surface area contributed by atoms with Crippen LogP contribution < -0.4 is 11.2 Å². The van der Waals surface area contributed by atoms with E-state index in [-0.39, 0.29) is 6.47 Å². The highest BCUT2D eigenvalue weighted by Gasteiger charge is 2.27. The molecule has 2 heterocycles. The van der Waals surface area contributed by atoms with Gasteiger partial charge in [0.05, 0.1) is 12.3 Å². The number of anilines is 1. The first-order valence-corrected chi connectivity index (χ1v) is 7.58. The highest BCUT2D eigenvalue weighted by Crippen LogP contribution is 2.28. The van der Waals surface area contributed by atoms with Gasteiger partial charge in [0.2, 0.25) is 0 Å². The number of nitrogens with zero attached hydrogens (tertiary/aromatic N) is 2. The molecule has 4 rings (SSSR count). The van der Waals surface area contributed by atoms with Crippen LogP contribution in [0.1, 0.15) is 11.3 Å². The predicted molar refractivity (Wildman–Crippen MR) is 95.2 cm³/mol. The molecule has 1 aliphatic heterocycles. The number of aryl methyl sites for hydroxylation is 1. The summed E-state index contributed by atoms with van der Waals surface area (Å²) in [5, 5.41) is 26.6. The van der Waals surface area contributed by atoms with Crippen LogP contribution in [0.4, 0.5) is 5.82 Å². The first-order chi connectivity index (χ1) is 12.0. The average molecular weight is 337 g/mol. The van der Waals surface area contributed by atoms with Crippen LogP contribution in [0.3, 0.4) is 0 Å². The van der Waals surface area contributed by atoms with E-state index in [0.29, 0.717) is 12.4 Å². The molecule has 0 saturated carbocycles. The minimum absolute atomic E-state index is 0.250. The number of hydrogen-bond acceptors (Lipinski definition) is 6. The quantitative estimate of drug-likeness (QED) is 0.449. The fraction of sp³-hybridized carbons (Fsp3) is 0.118. The Morgan fingerprint density at radius 3 is 2.60 bits per heavy atom. The second kappa shape index (κ2) is 6.88. The van der Waals surface area contributed by atoms with E-state index < -0.39 is 7.12 Å². The van der Waals surface area contributed by atoms with Crippen molar-refractivity contribution in [2.24, 2.45) is 0 Å². The van der Waals surface area contributed by atoms with Gasteiger partial charge in [-0.2, -0.15) is 5.10 Å². The number of benzene rings is 2. The van der Waals surface area contributed by atoms with Gasteiger partial charge in [0.15, 0.2) is 5.82 Å². The van der Waals surface area contributed by atoms with Crippen molar-refractivity contribution in [3.63, 3.8) is 0 Å². The molecule has 1 aromatic heterocycles. The zero-order valence-corrected chi connectivity index (χ0v) is 13.5. The lowest BCUT2D eigenvalue weighted by atomic mass is 9.78. The van der Waals surface area contributed by atoms with Crippen LogP contribution in [0.15, 0.2) is 36.4 Å². The van der Waals surface area contributed by atoms with Crippen LogP contribution in [0.5, 0.6) is 0 Å². The van der Waals surface area contributed by atoms with Gasteiger partial charge in [-0.1, -0.05) is 24.3 Å². The third-order valence-electron chi connectivity index (χ3n) is 4.14. The molecule has 126 valence electrons. The Hall–Kier alpha value is -2.97. The summed E-state index contributed by atoms with van der Waals surface area (Å²) in [7, 11) is -0.835. The monoisotopic (exact) mass is 337 g/mol. The van der Waals surface area contributed by atoms with E-state index >= 15 is 0 Å². The maximum atomic E-state index is 9.85. The lowest BCUT2D eigenvalue weighted by molar-refractivity contribution is -0.122. The molecule has 0 saturated heterocycles. The molecule has 0 unspecified atom stereocenters. The van der Waals surface area contributed by atoms with Gasteiger partial charge in [0.1, 0.15) is 0 Å². The van der Waals surface area contributed by atoms with E-state index in [1.807, 2.05) is 37.3 Å². The van der Waals surface area contributed by atoms with Gasteiger partial charge < -0.3 is 20.5 Å². The molecule has 0 bridgehead atoms. The van der Waals surface area contributed by atoms with Crippen LogP contribution in [0, 0.1) is 6.92 Å². The fourth-order valence-electron chi connectivity index (χ4n) is 2.88. The van der Waals surface area contributed by atoms with Crippen LogP contribution in [0.2, 0.25) is 0 Å². The number of hydrogen-bond donors (Lipinski definition) is 3. The van der Waals surface area contributed by atoms with Crippen molar-refractivity contribution in [1.29, 1.82) is 0 Å². The molecule has 0 radical (unpaired) electrons. The third kappa shape index (κ3) is 3.17. The molecule has 1 aliphatic rings. The summed E-state index contributed by atoms with van der Waals surface area (Å²) in [6, 6.07) is 12.0. The Morgan fingerprint density at radius 2 is 1.84 bits per heavy atom. The van der Waals surface area contributed by atoms with Crippen molar-refractivity contribution >= 4 is 35.6 Å². The lowest BCUT2D eigenvalue weighted by Crippen LogP contribution is -2.27. The minimum Gasteiger partial charge on any atom is -0.483 e. The molecule has 3 aromatic rings. The molecule has 25 heavy (non-hydrogen) atoms. The summed E-state index contributed by atoms with van der Waals surface area (Å²) >= 11 is 0. The Morgan fingerprint density at radius 1 is 1.16 bits per heavy atom. The fourth-order valence-corrected chi connectivity index (χ4v) is 2.88. The third-order valence-corrected chi connectivity index (χ3v) is 4.14. The topological polar surface area (TPSA) is 119 Å². The largest absolute Gasteiger partial charge is 0.491 e. The van der Waals surface area contributed by atoms with Crippen LogP contribution in [0.25, 0.3) is 21.9 Å². The molecular formula is C17H16BN3O4. The number of nitrogen functional groups attached to an aromatic ring is 1. The molecule has 0 fully saturated rings. The van der Waals surface area contributed by atoms with Gasteiger partial charge >= 0.3 is 7.12 Å². The average Bonchev–Trinajstić information content (AvgIpc) is 2.99. The molecule has 8 heteroatoms. The summed E-state index contributed by atoms with van der Waals surface area (Å²) in [6.07, 6.45) is 0. The van der Waals surface area contributed by atoms with E-state index in [1.54, 1.807) is 0 Å². The molecule has 4 N–H and O–H groups in total. The molecule has 0 amide bonds. The molecule has 0 aliphatic carbocycles.